The largest absolute Gasteiger partial charge is 0.480 e. The number of rotatable bonds is 40. The summed E-state index contributed by atoms with van der Waals surface area (Å²) in [6, 6.07) is -1.13. The zero-order valence-electron chi connectivity index (χ0n) is 35.2. The summed E-state index contributed by atoms with van der Waals surface area (Å²) >= 11 is 0. The van der Waals surface area contributed by atoms with Crippen molar-refractivity contribution >= 4 is 35.6 Å². The van der Waals surface area contributed by atoms with Crippen molar-refractivity contribution in [1.29, 1.82) is 0 Å². The summed E-state index contributed by atoms with van der Waals surface area (Å²) < 4.78 is 25.9. The third-order valence-corrected chi connectivity index (χ3v) is 8.59. The van der Waals surface area contributed by atoms with Gasteiger partial charge >= 0.3 is 17.9 Å². The smallest absolute Gasteiger partial charge is 0.329 e. The average Bonchev–Trinajstić information content (AvgIpc) is 3.13. The van der Waals surface area contributed by atoms with Gasteiger partial charge in [-0.2, -0.15) is 0 Å². The first-order chi connectivity index (χ1) is 27.3. The van der Waals surface area contributed by atoms with E-state index < -0.39 is 23.6 Å². The molecule has 0 aromatic heterocycles. The highest BCUT2D eigenvalue weighted by atomic mass is 16.6. The summed E-state index contributed by atoms with van der Waals surface area (Å²) in [6.45, 7) is 6.83. The maximum atomic E-state index is 12.3. The van der Waals surface area contributed by atoms with E-state index in [1.165, 1.54) is 64.2 Å². The van der Waals surface area contributed by atoms with Crippen molar-refractivity contribution in [2.24, 2.45) is 0 Å². The highest BCUT2D eigenvalue weighted by molar-refractivity contribution is 5.84. The number of carbonyl (C=O) groups excluding carboxylic acids is 4. The number of unbranched alkanes of at least 4 members (excludes halogenated alkanes) is 15. The van der Waals surface area contributed by atoms with Crippen molar-refractivity contribution in [3.05, 3.63) is 0 Å². The number of hydrogen-bond acceptors (Lipinski definition) is 11. The Morgan fingerprint density at radius 2 is 0.912 bits per heavy atom. The van der Waals surface area contributed by atoms with Gasteiger partial charge in [0.05, 0.1) is 39.6 Å². The Bertz CT molecular complexity index is 1080. The Morgan fingerprint density at radius 3 is 1.37 bits per heavy atom. The SMILES string of the molecule is CC(C)(C)OC(=O)CCCCCCCCCCCCCCCCCCC(=O)N[C@@H](CCC(=O)NCCOCCOCC(=O)NCCOCCOCC(=O)O)C(=O)O. The molecular formula is C41H75N3O13. The molecule has 0 unspecified atom stereocenters. The molecule has 57 heavy (non-hydrogen) atoms. The second-order valence-electron chi connectivity index (χ2n) is 15.2. The monoisotopic (exact) mass is 818 g/mol. The van der Waals surface area contributed by atoms with Crippen LogP contribution in [0.4, 0.5) is 0 Å². The quantitative estimate of drug-likeness (QED) is 0.0402. The molecule has 0 aliphatic carbocycles. The molecule has 0 aliphatic heterocycles. The van der Waals surface area contributed by atoms with Gasteiger partial charge in [-0.15, -0.1) is 0 Å². The molecule has 0 radical (unpaired) electrons. The van der Waals surface area contributed by atoms with Crippen molar-refractivity contribution in [3.63, 3.8) is 0 Å². The first-order valence-electron chi connectivity index (χ1n) is 21.1. The number of esters is 1. The van der Waals surface area contributed by atoms with E-state index in [1.54, 1.807) is 0 Å². The van der Waals surface area contributed by atoms with Gasteiger partial charge in [0.15, 0.2) is 0 Å². The lowest BCUT2D eigenvalue weighted by atomic mass is 10.0. The van der Waals surface area contributed by atoms with Gasteiger partial charge in [-0.1, -0.05) is 89.9 Å². The predicted molar refractivity (Wildman–Crippen MR) is 215 cm³/mol. The number of amides is 3. The molecule has 332 valence electrons. The van der Waals surface area contributed by atoms with Crippen LogP contribution in [0.2, 0.25) is 0 Å². The lowest BCUT2D eigenvalue weighted by Crippen LogP contribution is -2.41. The summed E-state index contributed by atoms with van der Waals surface area (Å²) in [7, 11) is 0. The fraction of sp³-hybridized carbons (Fsp3) is 0.854. The molecule has 3 amide bonds. The van der Waals surface area contributed by atoms with Crippen molar-refractivity contribution in [1.82, 2.24) is 16.0 Å². The predicted octanol–water partition coefficient (Wildman–Crippen LogP) is 5.08. The molecule has 0 fully saturated rings. The number of hydrogen-bond donors (Lipinski definition) is 5. The molecule has 0 saturated heterocycles. The van der Waals surface area contributed by atoms with Crippen molar-refractivity contribution in [2.75, 3.05) is 65.9 Å². The van der Waals surface area contributed by atoms with E-state index >= 15 is 0 Å². The van der Waals surface area contributed by atoms with Gasteiger partial charge in [0.25, 0.3) is 0 Å². The first-order valence-corrected chi connectivity index (χ1v) is 21.1. The Morgan fingerprint density at radius 1 is 0.491 bits per heavy atom. The van der Waals surface area contributed by atoms with E-state index in [-0.39, 0.29) is 109 Å². The standard InChI is InChI=1S/C41H75N3O13/c1-41(2,3)57-39(50)21-19-17-15-13-11-9-7-5-4-6-8-10-12-14-16-18-20-36(46)44-34(40(51)52)22-23-35(45)42-24-26-53-28-30-55-32-37(47)43-25-27-54-29-31-56-33-38(48)49/h34H,4-33H2,1-3H3,(H,42,45)(H,43,47)(H,44,46)(H,48,49)(H,51,52)/t34-/m0/s1. The van der Waals surface area contributed by atoms with E-state index in [1.807, 2.05) is 20.8 Å². The van der Waals surface area contributed by atoms with Gasteiger partial charge in [0.1, 0.15) is 24.9 Å². The Labute approximate surface area is 340 Å². The molecule has 5 N–H and O–H groups in total. The first kappa shape index (κ1) is 53.7. The van der Waals surface area contributed by atoms with Crippen LogP contribution in [0.1, 0.15) is 149 Å². The average molecular weight is 818 g/mol. The van der Waals surface area contributed by atoms with Gasteiger partial charge in [-0.25, -0.2) is 9.59 Å². The molecule has 0 rings (SSSR count). The minimum atomic E-state index is -1.18. The van der Waals surface area contributed by atoms with Crippen LogP contribution in [-0.2, 0) is 52.5 Å². The van der Waals surface area contributed by atoms with Crippen LogP contribution in [0.5, 0.6) is 0 Å². The fourth-order valence-electron chi connectivity index (χ4n) is 5.65. The van der Waals surface area contributed by atoms with Crippen molar-refractivity contribution in [3.8, 4) is 0 Å². The van der Waals surface area contributed by atoms with Gasteiger partial charge in [0, 0.05) is 32.4 Å². The van der Waals surface area contributed by atoms with E-state index in [0.717, 1.165) is 32.1 Å². The lowest BCUT2D eigenvalue weighted by Gasteiger charge is -2.19. The fourth-order valence-corrected chi connectivity index (χ4v) is 5.65. The highest BCUT2D eigenvalue weighted by Crippen LogP contribution is 2.15. The molecule has 0 aliphatic rings. The molecule has 1 atom stereocenters. The van der Waals surface area contributed by atoms with E-state index in [0.29, 0.717) is 12.8 Å². The number of carbonyl (C=O) groups is 6. The van der Waals surface area contributed by atoms with E-state index in [2.05, 4.69) is 16.0 Å². The van der Waals surface area contributed by atoms with Crippen LogP contribution in [0.15, 0.2) is 0 Å². The molecule has 0 aromatic rings. The molecule has 16 nitrogen and oxygen atoms in total. The topological polar surface area (TPSA) is 225 Å². The number of nitrogens with one attached hydrogen (secondary N) is 3. The second-order valence-corrected chi connectivity index (χ2v) is 15.2. The van der Waals surface area contributed by atoms with Gasteiger partial charge in [-0.05, 0) is 40.0 Å². The van der Waals surface area contributed by atoms with Crippen LogP contribution in [0.25, 0.3) is 0 Å². The van der Waals surface area contributed by atoms with Crippen LogP contribution in [0.3, 0.4) is 0 Å². The Kier molecular flexibility index (Phi) is 34.8. The lowest BCUT2D eigenvalue weighted by molar-refractivity contribution is -0.155. The zero-order chi connectivity index (χ0) is 42.4. The van der Waals surface area contributed by atoms with Gasteiger partial charge < -0.3 is 49.8 Å². The summed E-state index contributed by atoms with van der Waals surface area (Å²) in [5, 5.41) is 25.8. The van der Waals surface area contributed by atoms with Gasteiger partial charge in [0.2, 0.25) is 17.7 Å². The van der Waals surface area contributed by atoms with Crippen molar-refractivity contribution in [2.45, 2.75) is 161 Å². The number of carboxylic acid groups (broad SMARTS) is 2. The molecular weight excluding hydrogens is 742 g/mol. The third kappa shape index (κ3) is 40.7. The molecule has 0 heterocycles. The summed E-state index contributed by atoms with van der Waals surface area (Å²) in [4.78, 5) is 69.9. The van der Waals surface area contributed by atoms with Crippen LogP contribution < -0.4 is 16.0 Å². The van der Waals surface area contributed by atoms with E-state index in [9.17, 15) is 33.9 Å². The van der Waals surface area contributed by atoms with E-state index in [4.69, 9.17) is 28.8 Å². The molecule has 0 spiro atoms. The van der Waals surface area contributed by atoms with Crippen LogP contribution in [0, 0.1) is 0 Å². The second kappa shape index (κ2) is 37.0. The molecule has 0 bridgehead atoms. The molecule has 0 aromatic carbocycles. The summed E-state index contributed by atoms with van der Waals surface area (Å²) in [6.07, 6.45) is 19.0. The normalized spacial score (nSPS) is 11.8. The van der Waals surface area contributed by atoms with Crippen LogP contribution >= 0.6 is 0 Å². The van der Waals surface area contributed by atoms with Crippen molar-refractivity contribution < 1.29 is 62.7 Å². The zero-order valence-corrected chi connectivity index (χ0v) is 35.2. The van der Waals surface area contributed by atoms with Crippen LogP contribution in [-0.4, -0.2) is 123 Å². The highest BCUT2D eigenvalue weighted by Gasteiger charge is 2.21. The maximum absolute atomic E-state index is 12.3. The molecule has 16 heteroatoms. The minimum Gasteiger partial charge on any atom is -0.480 e. The Balaban J connectivity index is 3.63. The molecule has 0 saturated carbocycles. The summed E-state index contributed by atoms with van der Waals surface area (Å²) in [5.41, 5.74) is -0.400. The maximum Gasteiger partial charge on any atom is 0.329 e. The summed E-state index contributed by atoms with van der Waals surface area (Å²) in [5.74, 6) is -3.32. The third-order valence-electron chi connectivity index (χ3n) is 8.59. The Hall–Kier alpha value is -3.34. The number of aliphatic carboxylic acids is 2. The number of ether oxygens (including phenoxy) is 5. The van der Waals surface area contributed by atoms with Gasteiger partial charge in [-0.3, -0.25) is 19.2 Å². The number of carboxylic acids is 2. The minimum absolute atomic E-state index is 0.0181.